The highest BCUT2D eigenvalue weighted by Crippen LogP contribution is 2.18. The fourth-order valence-electron chi connectivity index (χ4n) is 2.44. The number of rotatable bonds is 4. The van der Waals surface area contributed by atoms with Crippen molar-refractivity contribution in [2.45, 2.75) is 13.3 Å². The molecular formula is C19H15ClF3N5O. The molecule has 3 rings (SSSR count). The molecule has 29 heavy (non-hydrogen) atoms. The molecule has 0 unspecified atom stereocenters. The predicted octanol–water partition coefficient (Wildman–Crippen LogP) is 4.44. The van der Waals surface area contributed by atoms with Crippen molar-refractivity contribution in [1.82, 2.24) is 10.2 Å². The molecule has 1 aromatic heterocycles. The molecule has 0 atom stereocenters. The highest BCUT2D eigenvalue weighted by molar-refractivity contribution is 6.31. The number of amides is 1. The Labute approximate surface area is 168 Å². The van der Waals surface area contributed by atoms with Crippen LogP contribution in [-0.2, 0) is 11.2 Å². The number of guanidine groups is 1. The number of nitrogens with zero attached hydrogens (tertiary/aromatic N) is 2. The number of H-pyrrole nitrogens is 1. The molecule has 1 heterocycles. The van der Waals surface area contributed by atoms with Gasteiger partial charge < -0.3 is 10.6 Å². The second-order valence-electron chi connectivity index (χ2n) is 6.12. The Kier molecular flexibility index (Phi) is 6.18. The average molecular weight is 422 g/mol. The summed E-state index contributed by atoms with van der Waals surface area (Å²) in [5, 5.41) is 12.4. The third-order valence-corrected chi connectivity index (χ3v) is 3.87. The Balaban J connectivity index is 1.83. The highest BCUT2D eigenvalue weighted by Gasteiger charge is 2.11. The molecule has 3 N–H and O–H groups in total. The van der Waals surface area contributed by atoms with Crippen molar-refractivity contribution in [3.63, 3.8) is 0 Å². The number of aliphatic imine (C=N–C) groups is 1. The van der Waals surface area contributed by atoms with Crippen LogP contribution in [-0.4, -0.2) is 22.1 Å². The van der Waals surface area contributed by atoms with Crippen LogP contribution in [0.15, 0.2) is 47.5 Å². The summed E-state index contributed by atoms with van der Waals surface area (Å²) in [5.74, 6) is -2.99. The van der Waals surface area contributed by atoms with Gasteiger partial charge in [0.05, 0.1) is 6.42 Å². The Morgan fingerprint density at radius 2 is 1.90 bits per heavy atom. The molecule has 0 radical (unpaired) electrons. The Bertz CT molecular complexity index is 1060. The minimum absolute atomic E-state index is 0.0502. The zero-order valence-corrected chi connectivity index (χ0v) is 15.8. The van der Waals surface area contributed by atoms with Gasteiger partial charge in [0, 0.05) is 22.5 Å². The monoisotopic (exact) mass is 421 g/mol. The quantitative estimate of drug-likeness (QED) is 0.429. The number of hydrogen-bond acceptors (Lipinski definition) is 2. The van der Waals surface area contributed by atoms with Crippen molar-refractivity contribution in [1.29, 1.82) is 0 Å². The Morgan fingerprint density at radius 3 is 2.55 bits per heavy atom. The second-order valence-corrected chi connectivity index (χ2v) is 6.56. The molecule has 2 aromatic carbocycles. The van der Waals surface area contributed by atoms with Gasteiger partial charge >= 0.3 is 0 Å². The van der Waals surface area contributed by atoms with E-state index in [1.54, 1.807) is 13.0 Å². The van der Waals surface area contributed by atoms with Crippen LogP contribution in [0.5, 0.6) is 0 Å². The molecule has 0 bridgehead atoms. The molecule has 6 nitrogen and oxygen atoms in total. The number of aromatic amines is 1. The van der Waals surface area contributed by atoms with Gasteiger partial charge in [0.1, 0.15) is 5.82 Å². The summed E-state index contributed by atoms with van der Waals surface area (Å²) in [6.45, 7) is 1.78. The van der Waals surface area contributed by atoms with E-state index in [4.69, 9.17) is 11.6 Å². The van der Waals surface area contributed by atoms with E-state index < -0.39 is 23.4 Å². The van der Waals surface area contributed by atoms with Gasteiger partial charge in [0.25, 0.3) is 5.91 Å². The number of aryl methyl sites for hydroxylation is 1. The fourth-order valence-corrected chi connectivity index (χ4v) is 2.66. The smallest absolute Gasteiger partial charge is 0.253 e. The zero-order chi connectivity index (χ0) is 21.0. The molecule has 150 valence electrons. The van der Waals surface area contributed by atoms with E-state index in [9.17, 15) is 18.0 Å². The number of hydrogen-bond donors (Lipinski definition) is 3. The van der Waals surface area contributed by atoms with Gasteiger partial charge in [-0.2, -0.15) is 10.1 Å². The van der Waals surface area contributed by atoms with Crippen molar-refractivity contribution in [2.24, 2.45) is 4.99 Å². The SMILES string of the molecule is Cc1cc(N/C(=N\C(=O)Cc2ccc(F)c(F)c2)Nc2cc(F)cc(Cl)c2)n[nH]1. The zero-order valence-electron chi connectivity index (χ0n) is 15.1. The fraction of sp³-hybridized carbons (Fsp3) is 0.105. The van der Waals surface area contributed by atoms with Gasteiger partial charge in [-0.05, 0) is 42.8 Å². The molecule has 10 heteroatoms. The molecule has 1 amide bonds. The van der Waals surface area contributed by atoms with Crippen LogP contribution in [0.3, 0.4) is 0 Å². The molecule has 0 spiro atoms. The first-order valence-electron chi connectivity index (χ1n) is 8.36. The van der Waals surface area contributed by atoms with E-state index in [-0.39, 0.29) is 28.7 Å². The lowest BCUT2D eigenvalue weighted by Gasteiger charge is -2.11. The van der Waals surface area contributed by atoms with Crippen LogP contribution in [0.1, 0.15) is 11.3 Å². The first-order valence-corrected chi connectivity index (χ1v) is 8.74. The maximum Gasteiger partial charge on any atom is 0.253 e. The molecular weight excluding hydrogens is 407 g/mol. The van der Waals surface area contributed by atoms with Crippen molar-refractivity contribution in [3.05, 3.63) is 76.2 Å². The summed E-state index contributed by atoms with van der Waals surface area (Å²) in [4.78, 5) is 16.2. The molecule has 0 aliphatic rings. The van der Waals surface area contributed by atoms with Crippen molar-refractivity contribution in [3.8, 4) is 0 Å². The first kappa shape index (κ1) is 20.4. The van der Waals surface area contributed by atoms with E-state index in [0.717, 1.165) is 23.9 Å². The molecule has 0 saturated carbocycles. The number of carbonyl (C=O) groups excluding carboxylic acids is 1. The summed E-state index contributed by atoms with van der Waals surface area (Å²) in [6, 6.07) is 8.54. The van der Waals surface area contributed by atoms with Crippen LogP contribution in [0.4, 0.5) is 24.7 Å². The van der Waals surface area contributed by atoms with Crippen LogP contribution in [0.2, 0.25) is 5.02 Å². The third-order valence-electron chi connectivity index (χ3n) is 3.65. The van der Waals surface area contributed by atoms with Gasteiger partial charge in [-0.15, -0.1) is 0 Å². The largest absolute Gasteiger partial charge is 0.325 e. The number of nitrogens with one attached hydrogen (secondary N) is 3. The number of carbonyl (C=O) groups is 1. The Morgan fingerprint density at radius 1 is 1.10 bits per heavy atom. The normalized spacial score (nSPS) is 11.4. The molecule has 3 aromatic rings. The summed E-state index contributed by atoms with van der Waals surface area (Å²) in [5.41, 5.74) is 1.25. The summed E-state index contributed by atoms with van der Waals surface area (Å²) in [7, 11) is 0. The number of anilines is 2. The lowest BCUT2D eigenvalue weighted by atomic mass is 10.1. The van der Waals surface area contributed by atoms with Crippen molar-refractivity contribution < 1.29 is 18.0 Å². The van der Waals surface area contributed by atoms with Crippen LogP contribution >= 0.6 is 11.6 Å². The van der Waals surface area contributed by atoms with Crippen LogP contribution < -0.4 is 10.6 Å². The summed E-state index contributed by atoms with van der Waals surface area (Å²) in [6.07, 6.45) is -0.270. The summed E-state index contributed by atoms with van der Waals surface area (Å²) < 4.78 is 40.0. The minimum atomic E-state index is -1.06. The van der Waals surface area contributed by atoms with Gasteiger partial charge in [0.2, 0.25) is 5.96 Å². The number of aromatic nitrogens is 2. The van der Waals surface area contributed by atoms with E-state index in [2.05, 4.69) is 25.8 Å². The van der Waals surface area contributed by atoms with E-state index in [0.29, 0.717) is 5.82 Å². The maximum atomic E-state index is 13.6. The highest BCUT2D eigenvalue weighted by atomic mass is 35.5. The van der Waals surface area contributed by atoms with E-state index >= 15 is 0 Å². The molecule has 0 saturated heterocycles. The van der Waals surface area contributed by atoms with Crippen LogP contribution in [0.25, 0.3) is 0 Å². The third kappa shape index (κ3) is 5.82. The van der Waals surface area contributed by atoms with Gasteiger partial charge in [0.15, 0.2) is 17.5 Å². The molecule has 0 fully saturated rings. The average Bonchev–Trinajstić information content (AvgIpc) is 3.02. The lowest BCUT2D eigenvalue weighted by molar-refractivity contribution is -0.117. The molecule has 0 aliphatic carbocycles. The summed E-state index contributed by atoms with van der Waals surface area (Å²) >= 11 is 5.85. The predicted molar refractivity (Wildman–Crippen MR) is 104 cm³/mol. The topological polar surface area (TPSA) is 82.2 Å². The Hall–Kier alpha value is -3.33. The van der Waals surface area contributed by atoms with Crippen molar-refractivity contribution >= 4 is 35.0 Å². The van der Waals surface area contributed by atoms with Crippen molar-refractivity contribution in [2.75, 3.05) is 10.6 Å². The second kappa shape index (κ2) is 8.78. The van der Waals surface area contributed by atoms with Gasteiger partial charge in [-0.3, -0.25) is 9.89 Å². The first-order chi connectivity index (χ1) is 13.8. The maximum absolute atomic E-state index is 13.6. The lowest BCUT2D eigenvalue weighted by Crippen LogP contribution is -2.24. The van der Waals surface area contributed by atoms with Gasteiger partial charge in [-0.25, -0.2) is 13.2 Å². The van der Waals surface area contributed by atoms with Crippen LogP contribution in [0, 0.1) is 24.4 Å². The standard InChI is InChI=1S/C19H15ClF3N5O/c1-10-4-17(28-27-10)25-19(24-14-8-12(20)7-13(21)9-14)26-18(29)6-11-2-3-15(22)16(23)5-11/h2-5,7-9H,6H2,1H3,(H3,24,25,26,27,28,29). The molecule has 0 aliphatic heterocycles. The van der Waals surface area contributed by atoms with E-state index in [1.165, 1.54) is 18.2 Å². The number of benzene rings is 2. The van der Waals surface area contributed by atoms with E-state index in [1.807, 2.05) is 0 Å². The number of halogens is 4. The minimum Gasteiger partial charge on any atom is -0.325 e. The van der Waals surface area contributed by atoms with Gasteiger partial charge in [-0.1, -0.05) is 17.7 Å².